The standard InChI is InChI=1S/C18H18F3N3O2/c19-18(20,21)12-9-14(11-3-5-13(25)6-4-11)16(24-7-1-2-8-24)15(10-12)17(22)23-26/h3-6,9-10,25-26H,1-2,7-8H2,(H2,22,23). The Morgan fingerprint density at radius 3 is 2.23 bits per heavy atom. The lowest BCUT2D eigenvalue weighted by molar-refractivity contribution is -0.137. The summed E-state index contributed by atoms with van der Waals surface area (Å²) in [6.07, 6.45) is -2.77. The summed E-state index contributed by atoms with van der Waals surface area (Å²) in [5.74, 6) is -0.363. The minimum absolute atomic E-state index is 0.0140. The number of hydrogen-bond donors (Lipinski definition) is 3. The van der Waals surface area contributed by atoms with Crippen molar-refractivity contribution in [2.24, 2.45) is 10.9 Å². The van der Waals surface area contributed by atoms with Crippen molar-refractivity contribution in [2.45, 2.75) is 19.0 Å². The van der Waals surface area contributed by atoms with Crippen molar-refractivity contribution in [3.8, 4) is 16.9 Å². The van der Waals surface area contributed by atoms with Gasteiger partial charge in [0.25, 0.3) is 0 Å². The molecule has 0 bridgehead atoms. The van der Waals surface area contributed by atoms with Gasteiger partial charge in [-0.3, -0.25) is 0 Å². The summed E-state index contributed by atoms with van der Waals surface area (Å²) in [4.78, 5) is 1.94. The molecule has 1 aliphatic rings. The number of anilines is 1. The van der Waals surface area contributed by atoms with Gasteiger partial charge in [0.15, 0.2) is 5.84 Å². The maximum absolute atomic E-state index is 13.4. The van der Waals surface area contributed by atoms with Crippen molar-refractivity contribution in [1.29, 1.82) is 0 Å². The van der Waals surface area contributed by atoms with Crippen molar-refractivity contribution < 1.29 is 23.5 Å². The van der Waals surface area contributed by atoms with E-state index in [4.69, 9.17) is 10.9 Å². The second-order valence-electron chi connectivity index (χ2n) is 6.14. The highest BCUT2D eigenvalue weighted by Gasteiger charge is 2.34. The van der Waals surface area contributed by atoms with Crippen LogP contribution in [0.4, 0.5) is 18.9 Å². The molecule has 1 aliphatic heterocycles. The van der Waals surface area contributed by atoms with E-state index in [1.165, 1.54) is 12.1 Å². The molecule has 4 N–H and O–H groups in total. The van der Waals surface area contributed by atoms with E-state index >= 15 is 0 Å². The highest BCUT2D eigenvalue weighted by Crippen LogP contribution is 2.41. The Kier molecular flexibility index (Phi) is 4.67. The molecule has 0 amide bonds. The minimum atomic E-state index is -4.58. The number of aromatic hydroxyl groups is 1. The highest BCUT2D eigenvalue weighted by atomic mass is 19.4. The Balaban J connectivity index is 2.32. The zero-order chi connectivity index (χ0) is 18.9. The third-order valence-corrected chi connectivity index (χ3v) is 4.42. The van der Waals surface area contributed by atoms with E-state index < -0.39 is 11.7 Å². The van der Waals surface area contributed by atoms with Gasteiger partial charge in [-0.2, -0.15) is 13.2 Å². The van der Waals surface area contributed by atoms with Crippen LogP contribution in [0.25, 0.3) is 11.1 Å². The molecule has 0 unspecified atom stereocenters. The molecule has 3 rings (SSSR count). The highest BCUT2D eigenvalue weighted by molar-refractivity contribution is 6.06. The predicted molar refractivity (Wildman–Crippen MR) is 92.5 cm³/mol. The molecule has 0 spiro atoms. The fourth-order valence-electron chi connectivity index (χ4n) is 3.19. The Labute approximate surface area is 148 Å². The summed E-state index contributed by atoms with van der Waals surface area (Å²) >= 11 is 0. The predicted octanol–water partition coefficient (Wildman–Crippen LogP) is 3.77. The first-order valence-corrected chi connectivity index (χ1v) is 8.08. The number of nitrogens with zero attached hydrogens (tertiary/aromatic N) is 2. The molecule has 5 nitrogen and oxygen atoms in total. The topological polar surface area (TPSA) is 82.1 Å². The van der Waals surface area contributed by atoms with E-state index in [0.29, 0.717) is 29.9 Å². The Bertz CT molecular complexity index is 827. The molecule has 1 heterocycles. The van der Waals surface area contributed by atoms with E-state index in [9.17, 15) is 18.3 Å². The van der Waals surface area contributed by atoms with E-state index in [-0.39, 0.29) is 17.1 Å². The summed E-state index contributed by atoms with van der Waals surface area (Å²) in [7, 11) is 0. The molecule has 0 aromatic heterocycles. The van der Waals surface area contributed by atoms with E-state index in [1.807, 2.05) is 4.90 Å². The average Bonchev–Trinajstić information content (AvgIpc) is 3.14. The number of rotatable bonds is 3. The van der Waals surface area contributed by atoms with Gasteiger partial charge in [0.2, 0.25) is 0 Å². The van der Waals surface area contributed by atoms with Crippen LogP contribution in [-0.2, 0) is 6.18 Å². The number of halogens is 3. The van der Waals surface area contributed by atoms with Gasteiger partial charge in [-0.1, -0.05) is 17.3 Å². The molecule has 0 aliphatic carbocycles. The van der Waals surface area contributed by atoms with Crippen LogP contribution in [-0.4, -0.2) is 29.2 Å². The average molecular weight is 365 g/mol. The van der Waals surface area contributed by atoms with Gasteiger partial charge < -0.3 is 20.9 Å². The number of alkyl halides is 3. The monoisotopic (exact) mass is 365 g/mol. The van der Waals surface area contributed by atoms with Gasteiger partial charge in [-0.25, -0.2) is 0 Å². The zero-order valence-electron chi connectivity index (χ0n) is 13.8. The molecule has 1 fully saturated rings. The van der Waals surface area contributed by atoms with Crippen LogP contribution in [0, 0.1) is 0 Å². The molecule has 138 valence electrons. The number of oxime groups is 1. The molecule has 2 aromatic rings. The lowest BCUT2D eigenvalue weighted by atomic mass is 9.95. The molecule has 2 aromatic carbocycles. The van der Waals surface area contributed by atoms with Crippen LogP contribution >= 0.6 is 0 Å². The van der Waals surface area contributed by atoms with Crippen molar-refractivity contribution in [2.75, 3.05) is 18.0 Å². The lowest BCUT2D eigenvalue weighted by Gasteiger charge is -2.26. The Morgan fingerprint density at radius 1 is 1.08 bits per heavy atom. The van der Waals surface area contributed by atoms with Crippen molar-refractivity contribution >= 4 is 11.5 Å². The van der Waals surface area contributed by atoms with Crippen molar-refractivity contribution in [3.05, 3.63) is 47.5 Å². The third-order valence-electron chi connectivity index (χ3n) is 4.42. The van der Waals surface area contributed by atoms with E-state index in [0.717, 1.165) is 25.0 Å². The number of hydrogen-bond acceptors (Lipinski definition) is 4. The smallest absolute Gasteiger partial charge is 0.416 e. The quantitative estimate of drug-likeness (QED) is 0.335. The SMILES string of the molecule is N/C(=N\O)c1cc(C(F)(F)F)cc(-c2ccc(O)cc2)c1N1CCCC1. The zero-order valence-corrected chi connectivity index (χ0v) is 13.8. The van der Waals surface area contributed by atoms with Gasteiger partial charge in [-0.15, -0.1) is 0 Å². The second kappa shape index (κ2) is 6.78. The van der Waals surface area contributed by atoms with E-state index in [2.05, 4.69) is 5.16 Å². The Hall–Kier alpha value is -2.90. The minimum Gasteiger partial charge on any atom is -0.508 e. The van der Waals surface area contributed by atoms with Gasteiger partial charge in [0.05, 0.1) is 11.3 Å². The summed E-state index contributed by atoms with van der Waals surface area (Å²) < 4.78 is 40.2. The van der Waals surface area contributed by atoms with Crippen LogP contribution in [0.2, 0.25) is 0 Å². The van der Waals surface area contributed by atoms with Gasteiger partial charge >= 0.3 is 6.18 Å². The van der Waals surface area contributed by atoms with Crippen LogP contribution in [0.15, 0.2) is 41.6 Å². The molecular weight excluding hydrogens is 347 g/mol. The molecule has 0 radical (unpaired) electrons. The van der Waals surface area contributed by atoms with Crippen molar-refractivity contribution in [1.82, 2.24) is 0 Å². The third kappa shape index (κ3) is 3.40. The molecule has 1 saturated heterocycles. The van der Waals surface area contributed by atoms with Gasteiger partial charge in [0, 0.05) is 24.2 Å². The van der Waals surface area contributed by atoms with Crippen molar-refractivity contribution in [3.63, 3.8) is 0 Å². The van der Waals surface area contributed by atoms with Crippen LogP contribution in [0.1, 0.15) is 24.0 Å². The van der Waals surface area contributed by atoms with Crippen LogP contribution < -0.4 is 10.6 Å². The first-order chi connectivity index (χ1) is 12.3. The molecular formula is C18H18F3N3O2. The first kappa shape index (κ1) is 17.9. The number of benzene rings is 2. The number of nitrogens with two attached hydrogens (primary N) is 1. The van der Waals surface area contributed by atoms with Gasteiger partial charge in [-0.05, 0) is 42.7 Å². The van der Waals surface area contributed by atoms with E-state index in [1.54, 1.807) is 12.1 Å². The molecule has 8 heteroatoms. The number of amidine groups is 1. The fourth-order valence-corrected chi connectivity index (χ4v) is 3.19. The lowest BCUT2D eigenvalue weighted by Crippen LogP contribution is -2.25. The number of phenols is 1. The van der Waals surface area contributed by atoms with Crippen LogP contribution in [0.5, 0.6) is 5.75 Å². The maximum atomic E-state index is 13.4. The molecule has 0 saturated carbocycles. The summed E-state index contributed by atoms with van der Waals surface area (Å²) in [5.41, 5.74) is 6.18. The maximum Gasteiger partial charge on any atom is 0.416 e. The summed E-state index contributed by atoms with van der Waals surface area (Å²) in [6, 6.07) is 7.88. The normalized spacial score (nSPS) is 15.5. The Morgan fingerprint density at radius 2 is 1.69 bits per heavy atom. The molecule has 26 heavy (non-hydrogen) atoms. The van der Waals surface area contributed by atoms with Crippen LogP contribution in [0.3, 0.4) is 0 Å². The largest absolute Gasteiger partial charge is 0.508 e. The van der Waals surface area contributed by atoms with Gasteiger partial charge in [0.1, 0.15) is 5.75 Å². The summed E-state index contributed by atoms with van der Waals surface area (Å²) in [5, 5.41) is 21.5. The second-order valence-corrected chi connectivity index (χ2v) is 6.14. The molecule has 0 atom stereocenters. The fraction of sp³-hybridized carbons (Fsp3) is 0.278. The summed E-state index contributed by atoms with van der Waals surface area (Å²) in [6.45, 7) is 1.34. The number of phenolic OH excluding ortho intramolecular Hbond substituents is 1. The first-order valence-electron chi connectivity index (χ1n) is 8.08.